The van der Waals surface area contributed by atoms with Gasteiger partial charge in [-0.05, 0) is 6.92 Å². The summed E-state index contributed by atoms with van der Waals surface area (Å²) in [4.78, 5) is 31.5. The second kappa shape index (κ2) is 8.80. The predicted molar refractivity (Wildman–Crippen MR) is 93.9 cm³/mol. The molecule has 0 aliphatic heterocycles. The van der Waals surface area contributed by atoms with Gasteiger partial charge in [-0.2, -0.15) is 5.26 Å². The number of aromatic amines is 1. The number of nitriles is 1. The van der Waals surface area contributed by atoms with Gasteiger partial charge in [-0.25, -0.2) is 4.98 Å². The zero-order valence-corrected chi connectivity index (χ0v) is 14.6. The molecule has 0 bridgehead atoms. The van der Waals surface area contributed by atoms with E-state index in [2.05, 4.69) is 21.0 Å². The minimum absolute atomic E-state index is 0.104. The number of hydrogen-bond acceptors (Lipinski definition) is 6. The van der Waals surface area contributed by atoms with Gasteiger partial charge in [-0.15, -0.1) is 11.3 Å². The second-order valence-electron chi connectivity index (χ2n) is 4.80. The number of carbonyl (C=O) groups is 1. The van der Waals surface area contributed by atoms with Gasteiger partial charge in [0.1, 0.15) is 15.3 Å². The van der Waals surface area contributed by atoms with Crippen molar-refractivity contribution in [2.24, 2.45) is 0 Å². The van der Waals surface area contributed by atoms with Crippen LogP contribution in [-0.4, -0.2) is 40.7 Å². The molecular formula is C16H17N5O3S. The van der Waals surface area contributed by atoms with Crippen molar-refractivity contribution < 1.29 is 9.53 Å². The topological polar surface area (TPSA) is 113 Å². The molecule has 0 aliphatic rings. The van der Waals surface area contributed by atoms with Gasteiger partial charge in [0, 0.05) is 32.5 Å². The fourth-order valence-electron chi connectivity index (χ4n) is 2.02. The van der Waals surface area contributed by atoms with Crippen molar-refractivity contribution in [1.29, 1.82) is 5.26 Å². The Kier molecular flexibility index (Phi) is 6.48. The molecule has 8 nitrogen and oxygen atoms in total. The van der Waals surface area contributed by atoms with Crippen molar-refractivity contribution in [2.45, 2.75) is 13.5 Å². The Balaban J connectivity index is 2.59. The number of rotatable bonds is 6. The van der Waals surface area contributed by atoms with Crippen LogP contribution in [-0.2, 0) is 16.1 Å². The van der Waals surface area contributed by atoms with E-state index in [0.717, 1.165) is 11.3 Å². The number of thiazole rings is 1. The Morgan fingerprint density at radius 3 is 3.00 bits per heavy atom. The number of amides is 1. The third kappa shape index (κ3) is 4.33. The molecule has 2 N–H and O–H groups in total. The van der Waals surface area contributed by atoms with Crippen LogP contribution in [0.3, 0.4) is 0 Å². The van der Waals surface area contributed by atoms with Crippen molar-refractivity contribution in [3.8, 4) is 6.07 Å². The maximum Gasteiger partial charge on any atom is 0.277 e. The van der Waals surface area contributed by atoms with E-state index in [1.165, 1.54) is 18.0 Å². The van der Waals surface area contributed by atoms with Crippen molar-refractivity contribution >= 4 is 34.6 Å². The first-order chi connectivity index (χ1) is 12.1. The SMILES string of the molecule is CCn1c(=O)c(=C=Cc2c[nH]cn2)s/c1=C(/C#N)C(=O)NCCOC. The van der Waals surface area contributed by atoms with Crippen LogP contribution < -0.4 is 20.1 Å². The third-order valence-electron chi connectivity index (χ3n) is 3.21. The van der Waals surface area contributed by atoms with Crippen LogP contribution in [0.15, 0.2) is 17.3 Å². The fourth-order valence-corrected chi connectivity index (χ4v) is 3.09. The summed E-state index contributed by atoms with van der Waals surface area (Å²) in [5, 5.41) is 12.0. The van der Waals surface area contributed by atoms with Crippen LogP contribution in [0, 0.1) is 11.3 Å². The van der Waals surface area contributed by atoms with Crippen molar-refractivity contribution in [3.05, 3.63) is 37.8 Å². The summed E-state index contributed by atoms with van der Waals surface area (Å²) in [5.74, 6) is -0.536. The normalized spacial score (nSPS) is 11.4. The van der Waals surface area contributed by atoms with Crippen molar-refractivity contribution in [3.63, 3.8) is 0 Å². The molecule has 0 saturated heterocycles. The maximum absolute atomic E-state index is 12.5. The molecule has 0 atom stereocenters. The van der Waals surface area contributed by atoms with Gasteiger partial charge < -0.3 is 15.0 Å². The number of H-pyrrole nitrogens is 1. The van der Waals surface area contributed by atoms with Gasteiger partial charge in [-0.1, -0.05) is 5.73 Å². The summed E-state index contributed by atoms with van der Waals surface area (Å²) >= 11 is 1.05. The van der Waals surface area contributed by atoms with Gasteiger partial charge in [0.05, 0.1) is 18.6 Å². The summed E-state index contributed by atoms with van der Waals surface area (Å²) in [6, 6.07) is 1.89. The highest BCUT2D eigenvalue weighted by Crippen LogP contribution is 1.94. The molecule has 130 valence electrons. The van der Waals surface area contributed by atoms with Crippen LogP contribution in [0.25, 0.3) is 17.4 Å². The predicted octanol–water partition coefficient (Wildman–Crippen LogP) is -0.818. The lowest BCUT2D eigenvalue weighted by molar-refractivity contribution is -0.115. The summed E-state index contributed by atoms with van der Waals surface area (Å²) < 4.78 is 6.86. The molecule has 0 saturated carbocycles. The van der Waals surface area contributed by atoms with E-state index in [0.29, 0.717) is 28.0 Å². The summed E-state index contributed by atoms with van der Waals surface area (Å²) in [7, 11) is 1.52. The molecular weight excluding hydrogens is 342 g/mol. The lowest BCUT2D eigenvalue weighted by atomic mass is 10.3. The average Bonchev–Trinajstić information content (AvgIpc) is 3.22. The molecule has 2 aromatic heterocycles. The Bertz CT molecular complexity index is 988. The zero-order valence-electron chi connectivity index (χ0n) is 13.8. The Labute approximate surface area is 147 Å². The number of methoxy groups -OCH3 is 1. The molecule has 0 fully saturated rings. The first-order valence-corrected chi connectivity index (χ1v) is 8.30. The lowest BCUT2D eigenvalue weighted by Crippen LogP contribution is -2.35. The molecule has 2 heterocycles. The number of hydrogen-bond donors (Lipinski definition) is 2. The molecule has 2 rings (SSSR count). The number of imidazole rings is 1. The highest BCUT2D eigenvalue weighted by Gasteiger charge is 2.14. The molecule has 0 spiro atoms. The molecule has 2 aromatic rings. The second-order valence-corrected chi connectivity index (χ2v) is 5.80. The Morgan fingerprint density at radius 2 is 2.40 bits per heavy atom. The zero-order chi connectivity index (χ0) is 18.2. The maximum atomic E-state index is 12.5. The van der Waals surface area contributed by atoms with Crippen molar-refractivity contribution in [1.82, 2.24) is 19.9 Å². The van der Waals surface area contributed by atoms with Gasteiger partial charge in [0.25, 0.3) is 11.5 Å². The third-order valence-corrected chi connectivity index (χ3v) is 4.33. The van der Waals surface area contributed by atoms with Crippen molar-refractivity contribution in [2.75, 3.05) is 20.3 Å². The molecule has 25 heavy (non-hydrogen) atoms. The highest BCUT2D eigenvalue weighted by atomic mass is 32.1. The lowest BCUT2D eigenvalue weighted by Gasteiger charge is -2.03. The minimum atomic E-state index is -0.536. The molecule has 1 amide bonds. The van der Waals surface area contributed by atoms with E-state index >= 15 is 0 Å². The van der Waals surface area contributed by atoms with E-state index in [1.807, 2.05) is 6.07 Å². The van der Waals surface area contributed by atoms with Crippen LogP contribution in [0.5, 0.6) is 0 Å². The molecule has 0 unspecified atom stereocenters. The summed E-state index contributed by atoms with van der Waals surface area (Å²) in [6.45, 7) is 2.73. The molecule has 0 radical (unpaired) electrons. The van der Waals surface area contributed by atoms with Crippen LogP contribution >= 0.6 is 11.3 Å². The van der Waals surface area contributed by atoms with E-state index in [-0.39, 0.29) is 17.7 Å². The number of nitrogens with one attached hydrogen (secondary N) is 2. The van der Waals surface area contributed by atoms with Gasteiger partial charge in [-0.3, -0.25) is 14.2 Å². The smallest absolute Gasteiger partial charge is 0.277 e. The van der Waals surface area contributed by atoms with Crippen LogP contribution in [0.4, 0.5) is 0 Å². The highest BCUT2D eigenvalue weighted by molar-refractivity contribution is 7.07. The van der Waals surface area contributed by atoms with Gasteiger partial charge in [0.2, 0.25) is 0 Å². The average molecular weight is 359 g/mol. The Morgan fingerprint density at radius 1 is 1.60 bits per heavy atom. The number of aromatic nitrogens is 3. The van der Waals surface area contributed by atoms with E-state index in [9.17, 15) is 14.9 Å². The Hall–Kier alpha value is -2.92. The van der Waals surface area contributed by atoms with Gasteiger partial charge in [0.15, 0.2) is 5.57 Å². The standard InChI is InChI=1S/C16H17N5O3S/c1-3-21-15(23)13(5-4-11-9-18-10-20-11)25-16(21)12(8-17)14(22)19-6-7-24-2/h4,9-10H,3,6-7H2,1-2H3,(H,18,20)(H,19,22)/b16-12-. The number of ether oxygens (including phenoxy) is 1. The van der Waals surface area contributed by atoms with E-state index < -0.39 is 5.91 Å². The first-order valence-electron chi connectivity index (χ1n) is 7.49. The molecule has 9 heteroatoms. The minimum Gasteiger partial charge on any atom is -0.383 e. The van der Waals surface area contributed by atoms with E-state index in [4.69, 9.17) is 4.74 Å². The summed E-state index contributed by atoms with van der Waals surface area (Å²) in [5.41, 5.74) is 3.10. The van der Waals surface area contributed by atoms with E-state index in [1.54, 1.807) is 19.2 Å². The quantitative estimate of drug-likeness (QED) is 0.655. The largest absolute Gasteiger partial charge is 0.383 e. The number of carbonyl (C=O) groups excluding carboxylic acids is 1. The summed E-state index contributed by atoms with van der Waals surface area (Å²) in [6.07, 6.45) is 4.75. The monoisotopic (exact) mass is 359 g/mol. The van der Waals surface area contributed by atoms with Crippen LogP contribution in [0.1, 0.15) is 12.6 Å². The van der Waals surface area contributed by atoms with Crippen LogP contribution in [0.2, 0.25) is 0 Å². The number of nitrogens with zero attached hydrogens (tertiary/aromatic N) is 3. The fraction of sp³-hybridized carbons (Fsp3) is 0.312. The first kappa shape index (κ1) is 18.4. The molecule has 0 aliphatic carbocycles. The molecule has 0 aromatic carbocycles. The van der Waals surface area contributed by atoms with Gasteiger partial charge >= 0.3 is 0 Å².